The van der Waals surface area contributed by atoms with Crippen LogP contribution in [0.4, 0.5) is 5.82 Å². The molecule has 0 saturated carbocycles. The average molecular weight is 273 g/mol. The Labute approximate surface area is 120 Å². The molecule has 2 heterocycles. The van der Waals surface area contributed by atoms with Gasteiger partial charge < -0.3 is 14.6 Å². The minimum Gasteiger partial charge on any atom is -0.472 e. The van der Waals surface area contributed by atoms with Crippen LogP contribution in [0.5, 0.6) is 0 Å². The molecular weight excluding hydrogens is 250 g/mol. The number of furan rings is 1. The minimum absolute atomic E-state index is 0.484. The fourth-order valence-corrected chi connectivity index (χ4v) is 2.03. The van der Waals surface area contributed by atoms with Gasteiger partial charge in [-0.3, -0.25) is 0 Å². The summed E-state index contributed by atoms with van der Waals surface area (Å²) in [6.07, 6.45) is 3.47. The second-order valence-corrected chi connectivity index (χ2v) is 5.44. The smallest absolute Gasteiger partial charge is 0.128 e. The summed E-state index contributed by atoms with van der Waals surface area (Å²) in [5.74, 6) is 0.983. The molecule has 4 nitrogen and oxygen atoms in total. The Morgan fingerprint density at radius 2 is 2.10 bits per heavy atom. The van der Waals surface area contributed by atoms with E-state index in [4.69, 9.17) is 4.42 Å². The molecule has 108 valence electrons. The van der Waals surface area contributed by atoms with Crippen molar-refractivity contribution in [2.75, 3.05) is 11.9 Å². The van der Waals surface area contributed by atoms with Crippen LogP contribution in [-0.4, -0.2) is 18.1 Å². The van der Waals surface area contributed by atoms with E-state index in [0.717, 1.165) is 30.2 Å². The Kier molecular flexibility index (Phi) is 4.79. The van der Waals surface area contributed by atoms with Gasteiger partial charge in [-0.2, -0.15) is 0 Å². The number of hydrogen-bond acceptors (Lipinski definition) is 4. The molecule has 20 heavy (non-hydrogen) atoms. The van der Waals surface area contributed by atoms with Gasteiger partial charge in [0.05, 0.1) is 12.5 Å². The Balaban J connectivity index is 2.04. The van der Waals surface area contributed by atoms with Crippen molar-refractivity contribution in [3.63, 3.8) is 0 Å². The van der Waals surface area contributed by atoms with E-state index in [-0.39, 0.29) is 0 Å². The number of aromatic nitrogens is 1. The maximum absolute atomic E-state index is 5.09. The lowest BCUT2D eigenvalue weighted by Gasteiger charge is -2.19. The van der Waals surface area contributed by atoms with Crippen LogP contribution in [0.3, 0.4) is 0 Å². The Morgan fingerprint density at radius 3 is 2.70 bits per heavy atom. The SMILES string of the molecule is Cc1nc(N(C)Cc2ccoc2)ccc1CNC(C)C. The first-order chi connectivity index (χ1) is 9.56. The lowest BCUT2D eigenvalue weighted by molar-refractivity contribution is 0.563. The molecule has 0 aromatic carbocycles. The van der Waals surface area contributed by atoms with Crippen molar-refractivity contribution in [1.82, 2.24) is 10.3 Å². The summed E-state index contributed by atoms with van der Waals surface area (Å²) in [6, 6.07) is 6.69. The van der Waals surface area contributed by atoms with Crippen molar-refractivity contribution >= 4 is 5.82 Å². The molecule has 0 atom stereocenters. The molecule has 0 fully saturated rings. The van der Waals surface area contributed by atoms with Crippen LogP contribution in [0.25, 0.3) is 0 Å². The molecule has 2 aromatic rings. The van der Waals surface area contributed by atoms with Gasteiger partial charge in [-0.05, 0) is 24.6 Å². The van der Waals surface area contributed by atoms with E-state index >= 15 is 0 Å². The number of hydrogen-bond donors (Lipinski definition) is 1. The average Bonchev–Trinajstić information content (AvgIpc) is 2.89. The molecule has 0 aliphatic rings. The second-order valence-electron chi connectivity index (χ2n) is 5.44. The molecule has 0 unspecified atom stereocenters. The van der Waals surface area contributed by atoms with E-state index in [1.165, 1.54) is 5.56 Å². The fourth-order valence-electron chi connectivity index (χ4n) is 2.03. The highest BCUT2D eigenvalue weighted by atomic mass is 16.3. The molecule has 0 bridgehead atoms. The number of aryl methyl sites for hydroxylation is 1. The van der Waals surface area contributed by atoms with Crippen LogP contribution in [0.2, 0.25) is 0 Å². The quantitative estimate of drug-likeness (QED) is 0.878. The van der Waals surface area contributed by atoms with Crippen LogP contribution in [0.15, 0.2) is 35.1 Å². The third kappa shape index (κ3) is 3.84. The first-order valence-electron chi connectivity index (χ1n) is 6.98. The molecule has 0 aliphatic heterocycles. The van der Waals surface area contributed by atoms with E-state index in [2.05, 4.69) is 48.1 Å². The van der Waals surface area contributed by atoms with Gasteiger partial charge in [-0.25, -0.2) is 4.98 Å². The highest BCUT2D eigenvalue weighted by Crippen LogP contribution is 2.16. The number of rotatable bonds is 6. The van der Waals surface area contributed by atoms with Crippen molar-refractivity contribution in [2.45, 2.75) is 39.9 Å². The van der Waals surface area contributed by atoms with Crippen molar-refractivity contribution in [1.29, 1.82) is 0 Å². The second kappa shape index (κ2) is 6.57. The third-order valence-electron chi connectivity index (χ3n) is 3.27. The molecule has 1 N–H and O–H groups in total. The van der Waals surface area contributed by atoms with Gasteiger partial charge >= 0.3 is 0 Å². The Bertz CT molecular complexity index is 535. The number of pyridine rings is 1. The Morgan fingerprint density at radius 1 is 1.30 bits per heavy atom. The summed E-state index contributed by atoms with van der Waals surface area (Å²) < 4.78 is 5.09. The van der Waals surface area contributed by atoms with Gasteiger partial charge in [-0.1, -0.05) is 19.9 Å². The lowest BCUT2D eigenvalue weighted by Crippen LogP contribution is -2.23. The fraction of sp³-hybridized carbons (Fsp3) is 0.438. The predicted molar refractivity (Wildman–Crippen MR) is 81.8 cm³/mol. The first kappa shape index (κ1) is 14.6. The molecule has 4 heteroatoms. The maximum Gasteiger partial charge on any atom is 0.128 e. The summed E-state index contributed by atoms with van der Waals surface area (Å²) in [7, 11) is 2.04. The zero-order chi connectivity index (χ0) is 14.5. The highest BCUT2D eigenvalue weighted by molar-refractivity contribution is 5.41. The van der Waals surface area contributed by atoms with Gasteiger partial charge in [-0.15, -0.1) is 0 Å². The Hall–Kier alpha value is -1.81. The molecule has 2 rings (SSSR count). The third-order valence-corrected chi connectivity index (χ3v) is 3.27. The van der Waals surface area contributed by atoms with Gasteiger partial charge in [0.1, 0.15) is 5.82 Å². The highest BCUT2D eigenvalue weighted by Gasteiger charge is 2.07. The summed E-state index contributed by atoms with van der Waals surface area (Å²) in [5, 5.41) is 3.42. The lowest BCUT2D eigenvalue weighted by atomic mass is 10.2. The van der Waals surface area contributed by atoms with E-state index in [1.54, 1.807) is 12.5 Å². The van der Waals surface area contributed by atoms with Crippen molar-refractivity contribution in [3.05, 3.63) is 47.5 Å². The normalized spacial score (nSPS) is 11.1. The van der Waals surface area contributed by atoms with Gasteiger partial charge in [0.15, 0.2) is 0 Å². The van der Waals surface area contributed by atoms with Crippen molar-refractivity contribution in [3.8, 4) is 0 Å². The standard InChI is InChI=1S/C16H23N3O/c1-12(2)17-9-15-5-6-16(18-13(15)3)19(4)10-14-7-8-20-11-14/h5-8,11-12,17H,9-10H2,1-4H3. The molecule has 0 spiro atoms. The van der Waals surface area contributed by atoms with E-state index in [1.807, 2.05) is 13.1 Å². The van der Waals surface area contributed by atoms with Crippen molar-refractivity contribution in [2.24, 2.45) is 0 Å². The van der Waals surface area contributed by atoms with Gasteiger partial charge in [0, 0.05) is 37.4 Å². The van der Waals surface area contributed by atoms with Gasteiger partial charge in [0.25, 0.3) is 0 Å². The summed E-state index contributed by atoms with van der Waals surface area (Å²) in [6.45, 7) is 8.02. The zero-order valence-electron chi connectivity index (χ0n) is 12.7. The van der Waals surface area contributed by atoms with E-state index in [9.17, 15) is 0 Å². The largest absolute Gasteiger partial charge is 0.472 e. The maximum atomic E-state index is 5.09. The molecule has 0 saturated heterocycles. The molecule has 2 aromatic heterocycles. The minimum atomic E-state index is 0.484. The van der Waals surface area contributed by atoms with Crippen LogP contribution in [-0.2, 0) is 13.1 Å². The zero-order valence-corrected chi connectivity index (χ0v) is 12.7. The van der Waals surface area contributed by atoms with Crippen LogP contribution in [0, 0.1) is 6.92 Å². The topological polar surface area (TPSA) is 41.3 Å². The van der Waals surface area contributed by atoms with Crippen molar-refractivity contribution < 1.29 is 4.42 Å². The molecule has 0 aliphatic carbocycles. The monoisotopic (exact) mass is 273 g/mol. The molecule has 0 radical (unpaired) electrons. The van der Waals surface area contributed by atoms with E-state index < -0.39 is 0 Å². The summed E-state index contributed by atoms with van der Waals surface area (Å²) in [5.41, 5.74) is 3.48. The molecular formula is C16H23N3O. The number of nitrogens with one attached hydrogen (secondary N) is 1. The first-order valence-corrected chi connectivity index (χ1v) is 6.98. The van der Waals surface area contributed by atoms with Crippen LogP contribution < -0.4 is 10.2 Å². The predicted octanol–water partition coefficient (Wildman–Crippen LogP) is 3.12. The van der Waals surface area contributed by atoms with Crippen LogP contribution in [0.1, 0.15) is 30.7 Å². The summed E-state index contributed by atoms with van der Waals surface area (Å²) in [4.78, 5) is 6.81. The van der Waals surface area contributed by atoms with Crippen LogP contribution >= 0.6 is 0 Å². The molecule has 0 amide bonds. The number of nitrogens with zero attached hydrogens (tertiary/aromatic N) is 2. The van der Waals surface area contributed by atoms with Gasteiger partial charge in [0.2, 0.25) is 0 Å². The number of anilines is 1. The summed E-state index contributed by atoms with van der Waals surface area (Å²) >= 11 is 0. The van der Waals surface area contributed by atoms with E-state index in [0.29, 0.717) is 6.04 Å².